The molecule has 0 amide bonds. The molecule has 10 heteroatoms. The predicted molar refractivity (Wildman–Crippen MR) is 64.8 cm³/mol. The average Bonchev–Trinajstić information content (AvgIpc) is 2.63. The number of hydrogen-bond donors (Lipinski definition) is 1. The first-order valence-electron chi connectivity index (χ1n) is 4.57. The van der Waals surface area contributed by atoms with E-state index in [0.717, 1.165) is 13.2 Å². The van der Waals surface area contributed by atoms with Gasteiger partial charge in [0.2, 0.25) is 5.96 Å². The summed E-state index contributed by atoms with van der Waals surface area (Å²) in [6.07, 6.45) is 2.34. The SMILES string of the molecule is C=C(Cl)NC(=NS(=O)(=O)c1cnn(C)c1)N(C)F. The van der Waals surface area contributed by atoms with Crippen LogP contribution < -0.4 is 5.32 Å². The molecule has 1 aromatic rings. The minimum Gasteiger partial charge on any atom is -0.314 e. The van der Waals surface area contributed by atoms with Crippen LogP contribution in [0.25, 0.3) is 0 Å². The third-order valence-electron chi connectivity index (χ3n) is 1.72. The average molecular weight is 296 g/mol. The third-order valence-corrected chi connectivity index (χ3v) is 3.04. The lowest BCUT2D eigenvalue weighted by Crippen LogP contribution is -2.32. The maximum Gasteiger partial charge on any atom is 0.288 e. The molecule has 0 saturated carbocycles. The first-order chi connectivity index (χ1) is 8.22. The predicted octanol–water partition coefficient (Wildman–Crippen LogP) is 0.581. The lowest BCUT2D eigenvalue weighted by atomic mass is 10.7. The molecule has 100 valence electrons. The van der Waals surface area contributed by atoms with Crippen molar-refractivity contribution in [3.63, 3.8) is 0 Å². The van der Waals surface area contributed by atoms with Crippen LogP contribution in [0.4, 0.5) is 4.48 Å². The fraction of sp³-hybridized carbons (Fsp3) is 0.250. The minimum atomic E-state index is -4.07. The van der Waals surface area contributed by atoms with E-state index in [0.29, 0.717) is 0 Å². The van der Waals surface area contributed by atoms with E-state index in [2.05, 4.69) is 21.4 Å². The first-order valence-corrected chi connectivity index (χ1v) is 6.39. The van der Waals surface area contributed by atoms with Gasteiger partial charge >= 0.3 is 0 Å². The smallest absolute Gasteiger partial charge is 0.288 e. The van der Waals surface area contributed by atoms with Crippen molar-refractivity contribution in [1.82, 2.24) is 20.2 Å². The summed E-state index contributed by atoms with van der Waals surface area (Å²) in [5, 5.41) is 5.68. The Morgan fingerprint density at radius 2 is 2.33 bits per heavy atom. The second kappa shape index (κ2) is 5.36. The van der Waals surface area contributed by atoms with Crippen LogP contribution in [0.3, 0.4) is 0 Å². The molecule has 0 unspecified atom stereocenters. The van der Waals surface area contributed by atoms with Gasteiger partial charge in [-0.25, -0.2) is 0 Å². The summed E-state index contributed by atoms with van der Waals surface area (Å²) in [6, 6.07) is 0. The van der Waals surface area contributed by atoms with Gasteiger partial charge in [0.1, 0.15) is 10.1 Å². The van der Waals surface area contributed by atoms with Crippen molar-refractivity contribution in [2.45, 2.75) is 4.90 Å². The van der Waals surface area contributed by atoms with Gasteiger partial charge in [-0.15, -0.1) is 4.40 Å². The van der Waals surface area contributed by atoms with Crippen molar-refractivity contribution >= 4 is 27.6 Å². The Balaban J connectivity index is 3.14. The van der Waals surface area contributed by atoms with Crippen LogP contribution in [0.15, 0.2) is 33.4 Å². The highest BCUT2D eigenvalue weighted by Crippen LogP contribution is 2.11. The maximum absolute atomic E-state index is 13.0. The number of sulfonamides is 1. The van der Waals surface area contributed by atoms with Gasteiger partial charge in [0, 0.05) is 20.3 Å². The monoisotopic (exact) mass is 295 g/mol. The second-order valence-electron chi connectivity index (χ2n) is 3.25. The Kier molecular flexibility index (Phi) is 4.30. The van der Waals surface area contributed by atoms with E-state index in [1.807, 2.05) is 0 Å². The van der Waals surface area contributed by atoms with Gasteiger partial charge in [-0.2, -0.15) is 18.6 Å². The van der Waals surface area contributed by atoms with E-state index in [1.54, 1.807) is 7.05 Å². The highest BCUT2D eigenvalue weighted by molar-refractivity contribution is 7.90. The highest BCUT2D eigenvalue weighted by atomic mass is 35.5. The van der Waals surface area contributed by atoms with E-state index in [-0.39, 0.29) is 15.2 Å². The summed E-state index contributed by atoms with van der Waals surface area (Å²) < 4.78 is 41.2. The van der Waals surface area contributed by atoms with Crippen LogP contribution in [0.1, 0.15) is 0 Å². The molecule has 18 heavy (non-hydrogen) atoms. The van der Waals surface area contributed by atoms with Gasteiger partial charge in [0.25, 0.3) is 10.0 Å². The number of nitrogens with zero attached hydrogens (tertiary/aromatic N) is 4. The Morgan fingerprint density at radius 1 is 1.72 bits per heavy atom. The Labute approximate surface area is 109 Å². The molecule has 1 aromatic heterocycles. The molecule has 0 aliphatic rings. The molecule has 0 aliphatic carbocycles. The number of guanidine groups is 1. The topological polar surface area (TPSA) is 79.6 Å². The summed E-state index contributed by atoms with van der Waals surface area (Å²) in [6.45, 7) is 3.25. The van der Waals surface area contributed by atoms with E-state index in [4.69, 9.17) is 11.6 Å². The summed E-state index contributed by atoms with van der Waals surface area (Å²) >= 11 is 5.40. The molecular formula is C8H11ClFN5O2S. The van der Waals surface area contributed by atoms with Gasteiger partial charge < -0.3 is 5.32 Å². The van der Waals surface area contributed by atoms with E-state index in [1.165, 1.54) is 10.9 Å². The number of nitrogens with one attached hydrogen (secondary N) is 1. The quantitative estimate of drug-likeness (QED) is 0.382. The maximum atomic E-state index is 13.0. The van der Waals surface area contributed by atoms with Crippen molar-refractivity contribution in [3.05, 3.63) is 24.1 Å². The highest BCUT2D eigenvalue weighted by Gasteiger charge is 2.18. The van der Waals surface area contributed by atoms with E-state index in [9.17, 15) is 12.9 Å². The number of aryl methyl sites for hydroxylation is 1. The van der Waals surface area contributed by atoms with Crippen LogP contribution in [-0.4, -0.2) is 36.3 Å². The van der Waals surface area contributed by atoms with Crippen molar-refractivity contribution in [3.8, 4) is 0 Å². The van der Waals surface area contributed by atoms with Gasteiger partial charge in [0.15, 0.2) is 0 Å². The van der Waals surface area contributed by atoms with Crippen LogP contribution in [0.2, 0.25) is 0 Å². The fourth-order valence-electron chi connectivity index (χ4n) is 0.976. The molecule has 0 aromatic carbocycles. The molecule has 1 N–H and O–H groups in total. The summed E-state index contributed by atoms with van der Waals surface area (Å²) in [5.41, 5.74) is 0. The fourth-order valence-corrected chi connectivity index (χ4v) is 2.02. The molecular weight excluding hydrogens is 285 g/mol. The van der Waals surface area contributed by atoms with Crippen LogP contribution >= 0.6 is 11.6 Å². The molecule has 0 aliphatic heterocycles. The molecule has 0 bridgehead atoms. The third kappa shape index (κ3) is 3.70. The molecule has 0 spiro atoms. The molecule has 0 fully saturated rings. The summed E-state index contributed by atoms with van der Waals surface area (Å²) in [7, 11) is -1.56. The van der Waals surface area contributed by atoms with Gasteiger partial charge in [-0.1, -0.05) is 22.7 Å². The van der Waals surface area contributed by atoms with Gasteiger partial charge in [0.05, 0.1) is 6.20 Å². The molecule has 1 heterocycles. The largest absolute Gasteiger partial charge is 0.314 e. The number of aromatic nitrogens is 2. The Hall–Kier alpha value is -1.61. The number of hydrogen-bond acceptors (Lipinski definition) is 3. The lowest BCUT2D eigenvalue weighted by molar-refractivity contribution is 0.156. The zero-order chi connectivity index (χ0) is 13.9. The van der Waals surface area contributed by atoms with Crippen LogP contribution in [-0.2, 0) is 17.1 Å². The van der Waals surface area contributed by atoms with Crippen molar-refractivity contribution in [2.24, 2.45) is 11.4 Å². The second-order valence-corrected chi connectivity index (χ2v) is 5.31. The minimum absolute atomic E-state index is 0.0263. The normalized spacial score (nSPS) is 12.3. The number of halogens is 2. The van der Waals surface area contributed by atoms with Crippen LogP contribution in [0, 0.1) is 0 Å². The van der Waals surface area contributed by atoms with Crippen molar-refractivity contribution in [2.75, 3.05) is 7.05 Å². The molecule has 7 nitrogen and oxygen atoms in total. The zero-order valence-corrected chi connectivity index (χ0v) is 11.2. The van der Waals surface area contributed by atoms with E-state index < -0.39 is 16.0 Å². The standard InChI is InChI=1S/C8H11ClFN5O2S/c1-6(9)12-8(15(3)10)13-18(16,17)7-4-11-14(2)5-7/h4-5H,1H2,2-3H3,(H,12,13). The van der Waals surface area contributed by atoms with E-state index >= 15 is 0 Å². The van der Waals surface area contributed by atoms with Gasteiger partial charge in [-0.05, 0) is 0 Å². The molecule has 0 radical (unpaired) electrons. The summed E-state index contributed by atoms with van der Waals surface area (Å²) in [5.74, 6) is -0.598. The molecule has 0 saturated heterocycles. The zero-order valence-electron chi connectivity index (χ0n) is 9.63. The number of rotatable bonds is 3. The molecule has 0 atom stereocenters. The lowest BCUT2D eigenvalue weighted by Gasteiger charge is -2.11. The Morgan fingerprint density at radius 3 is 2.72 bits per heavy atom. The Bertz CT molecular complexity index is 580. The first kappa shape index (κ1) is 14.5. The van der Waals surface area contributed by atoms with Gasteiger partial charge in [-0.3, -0.25) is 4.68 Å². The molecule has 1 rings (SSSR count). The van der Waals surface area contributed by atoms with Crippen molar-refractivity contribution < 1.29 is 12.9 Å². The van der Waals surface area contributed by atoms with Crippen LogP contribution in [0.5, 0.6) is 0 Å². The van der Waals surface area contributed by atoms with Crippen molar-refractivity contribution in [1.29, 1.82) is 0 Å². The summed E-state index contributed by atoms with van der Waals surface area (Å²) in [4.78, 5) is -0.161.